The van der Waals surface area contributed by atoms with Crippen LogP contribution in [0.4, 0.5) is 0 Å². The summed E-state index contributed by atoms with van der Waals surface area (Å²) in [5, 5.41) is 0. The Morgan fingerprint density at radius 1 is 0.720 bits per heavy atom. The van der Waals surface area contributed by atoms with Crippen LogP contribution in [0.15, 0.2) is 0 Å². The van der Waals surface area contributed by atoms with Gasteiger partial charge in [-0.1, -0.05) is 32.6 Å². The van der Waals surface area contributed by atoms with E-state index in [9.17, 15) is 9.59 Å². The van der Waals surface area contributed by atoms with E-state index >= 15 is 0 Å². The first-order valence-electron chi connectivity index (χ1n) is 9.38. The molecule has 6 nitrogen and oxygen atoms in total. The minimum Gasteiger partial charge on any atom is -0.463 e. The van der Waals surface area contributed by atoms with Crippen LogP contribution in [0.5, 0.6) is 0 Å². The molecule has 0 atom stereocenters. The smallest absolute Gasteiger partial charge is 0.308 e. The number of ether oxygens (including phenoxy) is 4. The number of hydrogen-bond donors (Lipinski definition) is 0. The lowest BCUT2D eigenvalue weighted by Crippen LogP contribution is -2.24. The maximum atomic E-state index is 11.5. The summed E-state index contributed by atoms with van der Waals surface area (Å²) >= 11 is 0. The largest absolute Gasteiger partial charge is 0.463 e. The van der Waals surface area contributed by atoms with E-state index in [-0.39, 0.29) is 25.0 Å². The van der Waals surface area contributed by atoms with E-state index in [2.05, 4.69) is 6.92 Å². The van der Waals surface area contributed by atoms with Gasteiger partial charge in [-0.2, -0.15) is 0 Å². The Kier molecular flexibility index (Phi) is 14.5. The standard InChI is InChI=1S/C19H36O6/c1-5-6-7-8-9-10-17(20)24-16-15-23-14-13-22-12-11-18(21)25-19(2,3)4/h5-16H2,1-4H3. The van der Waals surface area contributed by atoms with E-state index in [1.165, 1.54) is 19.3 Å². The summed E-state index contributed by atoms with van der Waals surface area (Å²) in [6.45, 7) is 9.40. The molecule has 0 unspecified atom stereocenters. The highest BCUT2D eigenvalue weighted by Gasteiger charge is 2.15. The molecule has 0 radical (unpaired) electrons. The van der Waals surface area contributed by atoms with Crippen molar-refractivity contribution in [2.45, 2.75) is 78.2 Å². The van der Waals surface area contributed by atoms with Gasteiger partial charge in [0.05, 0.1) is 32.8 Å². The number of carbonyl (C=O) groups excluding carboxylic acids is 2. The molecule has 0 saturated carbocycles. The van der Waals surface area contributed by atoms with Crippen LogP contribution in [-0.4, -0.2) is 50.6 Å². The van der Waals surface area contributed by atoms with Crippen LogP contribution in [0.1, 0.15) is 72.6 Å². The van der Waals surface area contributed by atoms with Crippen molar-refractivity contribution >= 4 is 11.9 Å². The third kappa shape index (κ3) is 19.0. The van der Waals surface area contributed by atoms with Gasteiger partial charge in [0.2, 0.25) is 0 Å². The molecule has 148 valence electrons. The van der Waals surface area contributed by atoms with Crippen molar-refractivity contribution in [3.63, 3.8) is 0 Å². The summed E-state index contributed by atoms with van der Waals surface area (Å²) in [4.78, 5) is 22.9. The normalized spacial score (nSPS) is 11.4. The predicted molar refractivity (Wildman–Crippen MR) is 96.4 cm³/mol. The fourth-order valence-corrected chi connectivity index (χ4v) is 2.03. The lowest BCUT2D eigenvalue weighted by Gasteiger charge is -2.19. The van der Waals surface area contributed by atoms with Gasteiger partial charge in [-0.3, -0.25) is 9.59 Å². The zero-order chi connectivity index (χ0) is 19.0. The van der Waals surface area contributed by atoms with Gasteiger partial charge in [0.1, 0.15) is 12.2 Å². The van der Waals surface area contributed by atoms with Gasteiger partial charge in [0.25, 0.3) is 0 Å². The van der Waals surface area contributed by atoms with E-state index in [1.54, 1.807) is 0 Å². The SMILES string of the molecule is CCCCCCCC(=O)OCCOCCOCCC(=O)OC(C)(C)C. The van der Waals surface area contributed by atoms with Crippen LogP contribution in [0.25, 0.3) is 0 Å². The molecule has 0 aromatic rings. The van der Waals surface area contributed by atoms with Crippen LogP contribution in [0.3, 0.4) is 0 Å². The molecule has 0 bridgehead atoms. The third-order valence-electron chi connectivity index (χ3n) is 3.22. The van der Waals surface area contributed by atoms with E-state index < -0.39 is 5.60 Å². The molecule has 0 aliphatic heterocycles. The second-order valence-corrected chi connectivity index (χ2v) is 6.95. The van der Waals surface area contributed by atoms with Crippen molar-refractivity contribution in [2.75, 3.05) is 33.0 Å². The Labute approximate surface area is 152 Å². The van der Waals surface area contributed by atoms with Crippen molar-refractivity contribution in [1.29, 1.82) is 0 Å². The first-order chi connectivity index (χ1) is 11.8. The zero-order valence-corrected chi connectivity index (χ0v) is 16.4. The van der Waals surface area contributed by atoms with Gasteiger partial charge in [-0.25, -0.2) is 0 Å². The molecule has 0 aromatic carbocycles. The first kappa shape index (κ1) is 23.9. The average Bonchev–Trinajstić information content (AvgIpc) is 2.51. The van der Waals surface area contributed by atoms with E-state index in [4.69, 9.17) is 18.9 Å². The first-order valence-corrected chi connectivity index (χ1v) is 9.38. The Balaban J connectivity index is 3.30. The molecule has 0 aliphatic carbocycles. The molecule has 25 heavy (non-hydrogen) atoms. The molecule has 0 rings (SSSR count). The fourth-order valence-electron chi connectivity index (χ4n) is 2.03. The van der Waals surface area contributed by atoms with Gasteiger partial charge in [0, 0.05) is 6.42 Å². The molecule has 0 amide bonds. The summed E-state index contributed by atoms with van der Waals surface area (Å²) in [7, 11) is 0. The van der Waals surface area contributed by atoms with Crippen molar-refractivity contribution < 1.29 is 28.5 Å². The highest BCUT2D eigenvalue weighted by molar-refractivity contribution is 5.70. The Bertz CT molecular complexity index is 348. The van der Waals surface area contributed by atoms with Gasteiger partial charge in [-0.05, 0) is 27.2 Å². The Morgan fingerprint density at radius 2 is 1.32 bits per heavy atom. The zero-order valence-electron chi connectivity index (χ0n) is 16.4. The summed E-state index contributed by atoms with van der Waals surface area (Å²) in [5.41, 5.74) is -0.465. The van der Waals surface area contributed by atoms with Crippen molar-refractivity contribution in [3.8, 4) is 0 Å². The maximum Gasteiger partial charge on any atom is 0.308 e. The summed E-state index contributed by atoms with van der Waals surface area (Å²) in [5.74, 6) is -0.427. The Morgan fingerprint density at radius 3 is 1.96 bits per heavy atom. The second kappa shape index (κ2) is 15.1. The van der Waals surface area contributed by atoms with Gasteiger partial charge < -0.3 is 18.9 Å². The minimum absolute atomic E-state index is 0.159. The van der Waals surface area contributed by atoms with Crippen molar-refractivity contribution in [3.05, 3.63) is 0 Å². The topological polar surface area (TPSA) is 71.1 Å². The molecular weight excluding hydrogens is 324 g/mol. The average molecular weight is 360 g/mol. The predicted octanol–water partition coefficient (Wildman–Crippen LogP) is 3.66. The van der Waals surface area contributed by atoms with Crippen LogP contribution < -0.4 is 0 Å². The molecule has 0 aliphatic rings. The maximum absolute atomic E-state index is 11.5. The van der Waals surface area contributed by atoms with E-state index in [1.807, 2.05) is 20.8 Å². The van der Waals surface area contributed by atoms with Crippen LogP contribution in [0.2, 0.25) is 0 Å². The minimum atomic E-state index is -0.465. The molecule has 0 spiro atoms. The lowest BCUT2D eigenvalue weighted by molar-refractivity contribution is -0.156. The third-order valence-corrected chi connectivity index (χ3v) is 3.22. The summed E-state index contributed by atoms with van der Waals surface area (Å²) < 4.78 is 20.9. The molecule has 6 heteroatoms. The molecule has 0 saturated heterocycles. The monoisotopic (exact) mass is 360 g/mol. The van der Waals surface area contributed by atoms with Crippen LogP contribution in [0, 0.1) is 0 Å². The Hall–Kier alpha value is -1.14. The molecule has 0 aromatic heterocycles. The van der Waals surface area contributed by atoms with Crippen molar-refractivity contribution in [1.82, 2.24) is 0 Å². The second-order valence-electron chi connectivity index (χ2n) is 6.95. The van der Waals surface area contributed by atoms with E-state index in [0.717, 1.165) is 12.8 Å². The number of carbonyl (C=O) groups is 2. The number of rotatable bonds is 15. The number of unbranched alkanes of at least 4 members (excludes halogenated alkanes) is 4. The highest BCUT2D eigenvalue weighted by atomic mass is 16.6. The van der Waals surface area contributed by atoms with Gasteiger partial charge in [0.15, 0.2) is 0 Å². The van der Waals surface area contributed by atoms with Crippen LogP contribution >= 0.6 is 0 Å². The van der Waals surface area contributed by atoms with E-state index in [0.29, 0.717) is 32.8 Å². The van der Waals surface area contributed by atoms with Gasteiger partial charge >= 0.3 is 11.9 Å². The lowest BCUT2D eigenvalue weighted by atomic mass is 10.1. The van der Waals surface area contributed by atoms with Crippen molar-refractivity contribution in [2.24, 2.45) is 0 Å². The number of hydrogen-bond acceptors (Lipinski definition) is 6. The van der Waals surface area contributed by atoms with Gasteiger partial charge in [-0.15, -0.1) is 0 Å². The quantitative estimate of drug-likeness (QED) is 0.328. The molecular formula is C19H36O6. The fraction of sp³-hybridized carbons (Fsp3) is 0.895. The highest BCUT2D eigenvalue weighted by Crippen LogP contribution is 2.08. The van der Waals surface area contributed by atoms with Crippen LogP contribution in [-0.2, 0) is 28.5 Å². The molecule has 0 heterocycles. The summed E-state index contributed by atoms with van der Waals surface area (Å²) in [6, 6.07) is 0. The molecule has 0 fully saturated rings. The number of esters is 2. The summed E-state index contributed by atoms with van der Waals surface area (Å²) in [6.07, 6.45) is 6.30. The molecule has 0 N–H and O–H groups in total.